The average molecular weight is 317 g/mol. The van der Waals surface area contributed by atoms with Crippen LogP contribution < -0.4 is 5.32 Å². The minimum Gasteiger partial charge on any atom is -0.465 e. The summed E-state index contributed by atoms with van der Waals surface area (Å²) in [4.78, 5) is 23.1. The van der Waals surface area contributed by atoms with Crippen LogP contribution in [-0.4, -0.2) is 31.3 Å². The standard InChI is InChI=1S/C18H23NO4/c1-13-14(10-8-11-15(13)16(20)22-5)9-6-7-12-19-17(21)23-18(2,3)4/h8,10-11H,7,12H2,1-5H3,(H,19,21). The molecular weight excluding hydrogens is 294 g/mol. The van der Waals surface area contributed by atoms with Crippen LogP contribution in [0, 0.1) is 18.8 Å². The van der Waals surface area contributed by atoms with Gasteiger partial charge in [-0.05, 0) is 45.4 Å². The SMILES string of the molecule is COC(=O)c1cccc(C#CCCNC(=O)OC(C)(C)C)c1C. The Kier molecular flexibility index (Phi) is 6.65. The Labute approximate surface area is 137 Å². The van der Waals surface area contributed by atoms with Crippen molar-refractivity contribution in [1.82, 2.24) is 5.32 Å². The van der Waals surface area contributed by atoms with Gasteiger partial charge < -0.3 is 14.8 Å². The van der Waals surface area contributed by atoms with Gasteiger partial charge in [-0.2, -0.15) is 0 Å². The Bertz CT molecular complexity index is 633. The van der Waals surface area contributed by atoms with Gasteiger partial charge in [-0.3, -0.25) is 0 Å². The molecule has 0 radical (unpaired) electrons. The molecule has 1 N–H and O–H groups in total. The molecule has 0 saturated carbocycles. The van der Waals surface area contributed by atoms with Gasteiger partial charge in [-0.15, -0.1) is 0 Å². The maximum absolute atomic E-state index is 11.6. The number of carbonyl (C=O) groups excluding carboxylic acids is 2. The second-order valence-corrected chi connectivity index (χ2v) is 5.95. The van der Waals surface area contributed by atoms with E-state index in [1.807, 2.05) is 33.8 Å². The second kappa shape index (κ2) is 8.23. The molecule has 1 amide bonds. The highest BCUT2D eigenvalue weighted by atomic mass is 16.6. The van der Waals surface area contributed by atoms with Gasteiger partial charge in [0.2, 0.25) is 0 Å². The molecule has 1 aromatic carbocycles. The molecule has 0 heterocycles. The number of esters is 1. The topological polar surface area (TPSA) is 64.6 Å². The molecule has 1 aromatic rings. The van der Waals surface area contributed by atoms with Crippen LogP contribution >= 0.6 is 0 Å². The Morgan fingerprint density at radius 2 is 1.96 bits per heavy atom. The number of methoxy groups -OCH3 is 1. The fourth-order valence-corrected chi connectivity index (χ4v) is 1.80. The van der Waals surface area contributed by atoms with Gasteiger partial charge >= 0.3 is 12.1 Å². The van der Waals surface area contributed by atoms with Crippen LogP contribution in [0.25, 0.3) is 0 Å². The van der Waals surface area contributed by atoms with E-state index in [-0.39, 0.29) is 5.97 Å². The summed E-state index contributed by atoms with van der Waals surface area (Å²) in [7, 11) is 1.35. The van der Waals surface area contributed by atoms with E-state index >= 15 is 0 Å². The largest absolute Gasteiger partial charge is 0.465 e. The first-order valence-electron chi connectivity index (χ1n) is 7.38. The molecular formula is C18H23NO4. The third kappa shape index (κ3) is 6.43. The predicted octanol–water partition coefficient (Wildman–Crippen LogP) is 3.05. The average Bonchev–Trinajstić information content (AvgIpc) is 2.46. The molecule has 0 spiro atoms. The van der Waals surface area contributed by atoms with Gasteiger partial charge in [-0.25, -0.2) is 9.59 Å². The lowest BCUT2D eigenvalue weighted by Gasteiger charge is -2.19. The van der Waals surface area contributed by atoms with E-state index in [9.17, 15) is 9.59 Å². The van der Waals surface area contributed by atoms with Crippen LogP contribution in [0.1, 0.15) is 48.7 Å². The smallest absolute Gasteiger partial charge is 0.407 e. The number of ether oxygens (including phenoxy) is 2. The fraction of sp³-hybridized carbons (Fsp3) is 0.444. The van der Waals surface area contributed by atoms with Crippen LogP contribution in [0.3, 0.4) is 0 Å². The third-order valence-electron chi connectivity index (χ3n) is 2.88. The van der Waals surface area contributed by atoms with Crippen LogP contribution in [0.5, 0.6) is 0 Å². The Balaban J connectivity index is 2.58. The summed E-state index contributed by atoms with van der Waals surface area (Å²) in [5.74, 6) is 5.60. The maximum Gasteiger partial charge on any atom is 0.407 e. The van der Waals surface area contributed by atoms with Crippen LogP contribution in [-0.2, 0) is 9.47 Å². The first-order chi connectivity index (χ1) is 10.7. The number of benzene rings is 1. The van der Waals surface area contributed by atoms with Crippen molar-refractivity contribution in [1.29, 1.82) is 0 Å². The van der Waals surface area contributed by atoms with Crippen LogP contribution in [0.4, 0.5) is 4.79 Å². The lowest BCUT2D eigenvalue weighted by Crippen LogP contribution is -2.32. The van der Waals surface area contributed by atoms with E-state index in [0.717, 1.165) is 11.1 Å². The van der Waals surface area contributed by atoms with E-state index in [2.05, 4.69) is 17.2 Å². The molecule has 0 aromatic heterocycles. The first kappa shape index (κ1) is 18.6. The summed E-state index contributed by atoms with van der Waals surface area (Å²) in [6.07, 6.45) is 0.0318. The highest BCUT2D eigenvalue weighted by Crippen LogP contribution is 2.13. The summed E-state index contributed by atoms with van der Waals surface area (Å²) < 4.78 is 9.86. The summed E-state index contributed by atoms with van der Waals surface area (Å²) in [6, 6.07) is 5.31. The van der Waals surface area contributed by atoms with Crippen molar-refractivity contribution in [2.24, 2.45) is 0 Å². The van der Waals surface area contributed by atoms with Gasteiger partial charge in [0.25, 0.3) is 0 Å². The van der Waals surface area contributed by atoms with Gasteiger partial charge in [-0.1, -0.05) is 17.9 Å². The minimum atomic E-state index is -0.513. The highest BCUT2D eigenvalue weighted by molar-refractivity contribution is 5.91. The lowest BCUT2D eigenvalue weighted by atomic mass is 10.0. The Hall–Kier alpha value is -2.48. The molecule has 1 rings (SSSR count). The van der Waals surface area contributed by atoms with E-state index < -0.39 is 11.7 Å². The van der Waals surface area contributed by atoms with Crippen molar-refractivity contribution < 1.29 is 19.1 Å². The first-order valence-corrected chi connectivity index (χ1v) is 7.38. The van der Waals surface area contributed by atoms with Gasteiger partial charge in [0.05, 0.1) is 12.7 Å². The van der Waals surface area contributed by atoms with Crippen molar-refractivity contribution >= 4 is 12.1 Å². The molecule has 0 bridgehead atoms. The van der Waals surface area contributed by atoms with E-state index in [1.54, 1.807) is 12.1 Å². The number of amides is 1. The number of alkyl carbamates (subject to hydrolysis) is 1. The van der Waals surface area contributed by atoms with Crippen molar-refractivity contribution in [2.45, 2.75) is 39.7 Å². The molecule has 0 aliphatic carbocycles. The molecule has 0 aliphatic rings. The predicted molar refractivity (Wildman–Crippen MR) is 88.3 cm³/mol. The van der Waals surface area contributed by atoms with E-state index in [1.165, 1.54) is 7.11 Å². The van der Waals surface area contributed by atoms with Gasteiger partial charge in [0.15, 0.2) is 0 Å². The zero-order chi connectivity index (χ0) is 17.5. The van der Waals surface area contributed by atoms with Crippen LogP contribution in [0.2, 0.25) is 0 Å². The molecule has 0 saturated heterocycles. The van der Waals surface area contributed by atoms with Crippen molar-refractivity contribution in [2.75, 3.05) is 13.7 Å². The molecule has 0 atom stereocenters. The van der Waals surface area contributed by atoms with Crippen molar-refractivity contribution in [3.63, 3.8) is 0 Å². The van der Waals surface area contributed by atoms with Crippen LogP contribution in [0.15, 0.2) is 18.2 Å². The minimum absolute atomic E-state index is 0.377. The van der Waals surface area contributed by atoms with Gasteiger partial charge in [0, 0.05) is 18.5 Å². The van der Waals surface area contributed by atoms with E-state index in [0.29, 0.717) is 18.5 Å². The zero-order valence-electron chi connectivity index (χ0n) is 14.3. The normalized spacial score (nSPS) is 10.3. The number of rotatable bonds is 3. The Morgan fingerprint density at radius 1 is 1.26 bits per heavy atom. The van der Waals surface area contributed by atoms with Crippen molar-refractivity contribution in [3.8, 4) is 11.8 Å². The maximum atomic E-state index is 11.6. The zero-order valence-corrected chi connectivity index (χ0v) is 14.3. The summed E-state index contributed by atoms with van der Waals surface area (Å²) in [6.45, 7) is 7.66. The fourth-order valence-electron chi connectivity index (χ4n) is 1.80. The summed E-state index contributed by atoms with van der Waals surface area (Å²) in [5.41, 5.74) is 1.55. The molecule has 5 nitrogen and oxygen atoms in total. The third-order valence-corrected chi connectivity index (χ3v) is 2.88. The molecule has 124 valence electrons. The van der Waals surface area contributed by atoms with E-state index in [4.69, 9.17) is 9.47 Å². The number of hydrogen-bond acceptors (Lipinski definition) is 4. The van der Waals surface area contributed by atoms with Crippen molar-refractivity contribution in [3.05, 3.63) is 34.9 Å². The number of hydrogen-bond donors (Lipinski definition) is 1. The Morgan fingerprint density at radius 3 is 2.57 bits per heavy atom. The molecule has 23 heavy (non-hydrogen) atoms. The summed E-state index contributed by atoms with van der Waals surface area (Å²) in [5, 5.41) is 2.64. The second-order valence-electron chi connectivity index (χ2n) is 5.95. The highest BCUT2D eigenvalue weighted by Gasteiger charge is 2.15. The van der Waals surface area contributed by atoms with Gasteiger partial charge in [0.1, 0.15) is 5.60 Å². The lowest BCUT2D eigenvalue weighted by molar-refractivity contribution is 0.0527. The number of carbonyl (C=O) groups is 2. The quantitative estimate of drug-likeness (QED) is 0.529. The summed E-state index contributed by atoms with van der Waals surface area (Å²) >= 11 is 0. The molecule has 0 aliphatic heterocycles. The molecule has 0 fully saturated rings. The molecule has 5 heteroatoms. The monoisotopic (exact) mass is 317 g/mol. The molecule has 0 unspecified atom stereocenters. The number of nitrogens with one attached hydrogen (secondary N) is 1.